The normalized spacial score (nSPS) is 20.6. The van der Waals surface area contributed by atoms with Crippen LogP contribution in [-0.2, 0) is 11.8 Å². The third-order valence-corrected chi connectivity index (χ3v) is 4.31. The first-order valence-electron chi connectivity index (χ1n) is 7.14. The molecular weight excluding hydrogens is 222 g/mol. The Kier molecular flexibility index (Phi) is 4.41. The van der Waals surface area contributed by atoms with Gasteiger partial charge in [0.15, 0.2) is 0 Å². The minimum Gasteiger partial charge on any atom is -0.393 e. The van der Waals surface area contributed by atoms with Crippen LogP contribution in [0.4, 0.5) is 0 Å². The molecule has 1 fully saturated rings. The van der Waals surface area contributed by atoms with Crippen LogP contribution in [0.2, 0.25) is 0 Å². The third-order valence-electron chi connectivity index (χ3n) is 4.31. The van der Waals surface area contributed by atoms with E-state index in [1.165, 1.54) is 43.2 Å². The van der Waals surface area contributed by atoms with Crippen LogP contribution in [0, 0.1) is 0 Å². The standard InChI is InChI=1S/C16H25NO/c1-13(18)11-14-7-3-4-8-15(14)16(12-17)9-5-2-6-10-16/h3-4,7-8,13,18H,2,5-6,9-12,17H2,1H3. The molecule has 0 aromatic heterocycles. The highest BCUT2D eigenvalue weighted by atomic mass is 16.3. The van der Waals surface area contributed by atoms with Crippen LogP contribution in [0.15, 0.2) is 24.3 Å². The van der Waals surface area contributed by atoms with Crippen molar-refractivity contribution in [2.24, 2.45) is 5.73 Å². The molecule has 0 heterocycles. The molecule has 18 heavy (non-hydrogen) atoms. The van der Waals surface area contributed by atoms with E-state index in [-0.39, 0.29) is 11.5 Å². The Morgan fingerprint density at radius 3 is 2.50 bits per heavy atom. The fraction of sp³-hybridized carbons (Fsp3) is 0.625. The molecule has 0 saturated heterocycles. The fourth-order valence-electron chi connectivity index (χ4n) is 3.35. The summed E-state index contributed by atoms with van der Waals surface area (Å²) >= 11 is 0. The minimum absolute atomic E-state index is 0.156. The van der Waals surface area contributed by atoms with E-state index in [2.05, 4.69) is 24.3 Å². The minimum atomic E-state index is -0.287. The van der Waals surface area contributed by atoms with Gasteiger partial charge in [0, 0.05) is 12.0 Å². The van der Waals surface area contributed by atoms with Gasteiger partial charge in [0.25, 0.3) is 0 Å². The zero-order chi connectivity index (χ0) is 13.0. The van der Waals surface area contributed by atoms with Crippen LogP contribution in [-0.4, -0.2) is 17.8 Å². The number of hydrogen-bond donors (Lipinski definition) is 2. The number of aliphatic hydroxyl groups is 1. The van der Waals surface area contributed by atoms with E-state index in [1.54, 1.807) is 0 Å². The molecule has 1 saturated carbocycles. The molecule has 0 bridgehead atoms. The number of benzene rings is 1. The van der Waals surface area contributed by atoms with Crippen LogP contribution in [0.3, 0.4) is 0 Å². The number of rotatable bonds is 4. The van der Waals surface area contributed by atoms with Crippen molar-refractivity contribution in [1.82, 2.24) is 0 Å². The third kappa shape index (κ3) is 2.76. The Labute approximate surface area is 110 Å². The van der Waals surface area contributed by atoms with E-state index >= 15 is 0 Å². The summed E-state index contributed by atoms with van der Waals surface area (Å²) in [4.78, 5) is 0. The molecule has 0 spiro atoms. The van der Waals surface area contributed by atoms with Crippen molar-refractivity contribution in [3.05, 3.63) is 35.4 Å². The van der Waals surface area contributed by atoms with Gasteiger partial charge < -0.3 is 10.8 Å². The first-order chi connectivity index (χ1) is 8.68. The summed E-state index contributed by atoms with van der Waals surface area (Å²) < 4.78 is 0. The summed E-state index contributed by atoms with van der Waals surface area (Å²) in [5, 5.41) is 9.65. The van der Waals surface area contributed by atoms with Gasteiger partial charge in [0.05, 0.1) is 6.10 Å². The molecule has 0 radical (unpaired) electrons. The molecule has 1 aliphatic carbocycles. The second kappa shape index (κ2) is 5.85. The van der Waals surface area contributed by atoms with Gasteiger partial charge in [0.1, 0.15) is 0 Å². The molecule has 3 N–H and O–H groups in total. The van der Waals surface area contributed by atoms with Crippen LogP contribution < -0.4 is 5.73 Å². The smallest absolute Gasteiger partial charge is 0.0552 e. The van der Waals surface area contributed by atoms with Crippen LogP contribution in [0.1, 0.15) is 50.2 Å². The van der Waals surface area contributed by atoms with Gasteiger partial charge in [-0.25, -0.2) is 0 Å². The van der Waals surface area contributed by atoms with Crippen molar-refractivity contribution >= 4 is 0 Å². The van der Waals surface area contributed by atoms with Crippen molar-refractivity contribution in [1.29, 1.82) is 0 Å². The van der Waals surface area contributed by atoms with Crippen molar-refractivity contribution in [2.45, 2.75) is 57.0 Å². The number of nitrogens with two attached hydrogens (primary N) is 1. The van der Waals surface area contributed by atoms with E-state index in [9.17, 15) is 5.11 Å². The Morgan fingerprint density at radius 2 is 1.89 bits per heavy atom. The summed E-state index contributed by atoms with van der Waals surface area (Å²) in [6.45, 7) is 2.58. The van der Waals surface area contributed by atoms with E-state index in [0.717, 1.165) is 13.0 Å². The SMILES string of the molecule is CC(O)Cc1ccccc1C1(CN)CCCCC1. The van der Waals surface area contributed by atoms with E-state index < -0.39 is 0 Å². The Bertz CT molecular complexity index is 380. The number of aliphatic hydroxyl groups excluding tert-OH is 1. The molecule has 0 amide bonds. The Hall–Kier alpha value is -0.860. The summed E-state index contributed by atoms with van der Waals surface area (Å²) in [5.74, 6) is 0. The van der Waals surface area contributed by atoms with E-state index in [1.807, 2.05) is 6.92 Å². The summed E-state index contributed by atoms with van der Waals surface area (Å²) in [7, 11) is 0. The van der Waals surface area contributed by atoms with Crippen LogP contribution in [0.5, 0.6) is 0 Å². The first-order valence-corrected chi connectivity index (χ1v) is 7.14. The molecule has 100 valence electrons. The molecule has 1 aromatic rings. The average Bonchev–Trinajstić information content (AvgIpc) is 2.39. The molecule has 2 heteroatoms. The lowest BCUT2D eigenvalue weighted by Crippen LogP contribution is -2.38. The summed E-state index contributed by atoms with van der Waals surface area (Å²) in [6, 6.07) is 8.53. The molecule has 1 unspecified atom stereocenters. The molecule has 2 rings (SSSR count). The molecule has 1 aromatic carbocycles. The van der Waals surface area contributed by atoms with Gasteiger partial charge >= 0.3 is 0 Å². The zero-order valence-corrected chi connectivity index (χ0v) is 11.4. The maximum Gasteiger partial charge on any atom is 0.0552 e. The monoisotopic (exact) mass is 247 g/mol. The van der Waals surface area contributed by atoms with Gasteiger partial charge in [0.2, 0.25) is 0 Å². The molecular formula is C16H25NO. The maximum atomic E-state index is 9.65. The van der Waals surface area contributed by atoms with Crippen molar-refractivity contribution < 1.29 is 5.11 Å². The van der Waals surface area contributed by atoms with Gasteiger partial charge in [-0.1, -0.05) is 43.5 Å². The largest absolute Gasteiger partial charge is 0.393 e. The van der Waals surface area contributed by atoms with Gasteiger partial charge in [-0.3, -0.25) is 0 Å². The lowest BCUT2D eigenvalue weighted by molar-refractivity contribution is 0.194. The lowest BCUT2D eigenvalue weighted by Gasteiger charge is -2.38. The fourth-order valence-corrected chi connectivity index (χ4v) is 3.35. The zero-order valence-electron chi connectivity index (χ0n) is 11.4. The summed E-state index contributed by atoms with van der Waals surface area (Å²) in [5.41, 5.74) is 8.92. The quantitative estimate of drug-likeness (QED) is 0.859. The van der Waals surface area contributed by atoms with Crippen LogP contribution in [0.25, 0.3) is 0 Å². The Morgan fingerprint density at radius 1 is 1.22 bits per heavy atom. The van der Waals surface area contributed by atoms with Gasteiger partial charge in [-0.15, -0.1) is 0 Å². The predicted molar refractivity (Wildman–Crippen MR) is 75.6 cm³/mol. The number of hydrogen-bond acceptors (Lipinski definition) is 2. The molecule has 2 nitrogen and oxygen atoms in total. The van der Waals surface area contributed by atoms with E-state index in [4.69, 9.17) is 5.73 Å². The Balaban J connectivity index is 2.35. The van der Waals surface area contributed by atoms with Crippen LogP contribution >= 0.6 is 0 Å². The van der Waals surface area contributed by atoms with Gasteiger partial charge in [-0.2, -0.15) is 0 Å². The second-order valence-corrected chi connectivity index (χ2v) is 5.76. The van der Waals surface area contributed by atoms with E-state index in [0.29, 0.717) is 0 Å². The molecule has 0 aliphatic heterocycles. The van der Waals surface area contributed by atoms with Gasteiger partial charge in [-0.05, 0) is 37.3 Å². The highest BCUT2D eigenvalue weighted by molar-refractivity contribution is 5.35. The van der Waals surface area contributed by atoms with Crippen molar-refractivity contribution in [3.8, 4) is 0 Å². The molecule has 1 aliphatic rings. The first kappa shape index (κ1) is 13.6. The van der Waals surface area contributed by atoms with Crippen molar-refractivity contribution in [3.63, 3.8) is 0 Å². The van der Waals surface area contributed by atoms with Crippen molar-refractivity contribution in [2.75, 3.05) is 6.54 Å². The molecule has 1 atom stereocenters. The lowest BCUT2D eigenvalue weighted by atomic mass is 9.68. The highest BCUT2D eigenvalue weighted by Crippen LogP contribution is 2.40. The predicted octanol–water partition coefficient (Wildman–Crippen LogP) is 2.77. The second-order valence-electron chi connectivity index (χ2n) is 5.76. The average molecular weight is 247 g/mol. The summed E-state index contributed by atoms with van der Waals surface area (Å²) in [6.07, 6.45) is 6.73. The topological polar surface area (TPSA) is 46.2 Å². The maximum absolute atomic E-state index is 9.65. The highest BCUT2D eigenvalue weighted by Gasteiger charge is 2.34.